The molecule has 5 nitrogen and oxygen atoms in total. The molecule has 0 radical (unpaired) electrons. The van der Waals surface area contributed by atoms with Gasteiger partial charge >= 0.3 is 5.97 Å². The summed E-state index contributed by atoms with van der Waals surface area (Å²) in [4.78, 5) is 24.9. The van der Waals surface area contributed by atoms with Crippen LogP contribution < -0.4 is 5.32 Å². The monoisotopic (exact) mass is 397 g/mol. The van der Waals surface area contributed by atoms with Crippen molar-refractivity contribution in [2.45, 2.75) is 44.1 Å². The molecule has 1 amide bonds. The average Bonchev–Trinajstić information content (AvgIpc) is 2.49. The number of esters is 1. The van der Waals surface area contributed by atoms with Crippen molar-refractivity contribution in [3.8, 4) is 0 Å². The second-order valence-corrected chi connectivity index (χ2v) is 9.12. The number of rotatable bonds is 4. The molecule has 0 saturated heterocycles. The molecule has 0 aromatic heterocycles. The van der Waals surface area contributed by atoms with Crippen LogP contribution in [0.3, 0.4) is 0 Å². The lowest BCUT2D eigenvalue weighted by Gasteiger charge is -2.58. The molecule has 4 atom stereocenters. The Labute approximate surface area is 162 Å². The molecule has 26 heavy (non-hydrogen) atoms. The molecule has 4 fully saturated rings. The van der Waals surface area contributed by atoms with E-state index in [1.165, 1.54) is 0 Å². The molecule has 2 N–H and O–H groups in total. The third-order valence-electron chi connectivity index (χ3n) is 5.94. The Morgan fingerprint density at radius 1 is 1.12 bits per heavy atom. The standard InChI is InChI=1S/C19H21Cl2NO4/c20-13-2-14(21)4-15(3-13)22-16(23)9-26-17(24)18-5-11-1-12(6-18)8-19(25,7-11)10-18/h2-4,11-12,25H,1,5-10H2,(H,22,23)/t11-,12+,18?,19?. The van der Waals surface area contributed by atoms with E-state index < -0.39 is 16.9 Å². The smallest absolute Gasteiger partial charge is 0.312 e. The van der Waals surface area contributed by atoms with Gasteiger partial charge in [0.1, 0.15) is 0 Å². The van der Waals surface area contributed by atoms with Gasteiger partial charge in [-0.15, -0.1) is 0 Å². The largest absolute Gasteiger partial charge is 0.455 e. The van der Waals surface area contributed by atoms with E-state index in [2.05, 4.69) is 5.32 Å². The number of carbonyl (C=O) groups excluding carboxylic acids is 2. The molecule has 4 saturated carbocycles. The van der Waals surface area contributed by atoms with Crippen molar-refractivity contribution in [3.05, 3.63) is 28.2 Å². The van der Waals surface area contributed by atoms with E-state index in [4.69, 9.17) is 27.9 Å². The first-order valence-corrected chi connectivity index (χ1v) is 9.66. The molecule has 2 unspecified atom stereocenters. The van der Waals surface area contributed by atoms with Crippen molar-refractivity contribution in [2.24, 2.45) is 17.3 Å². The zero-order chi connectivity index (χ0) is 18.5. The number of benzene rings is 1. The van der Waals surface area contributed by atoms with E-state index in [1.807, 2.05) is 0 Å². The summed E-state index contributed by atoms with van der Waals surface area (Å²) in [5.41, 5.74) is -0.908. The molecule has 7 heteroatoms. The quantitative estimate of drug-likeness (QED) is 0.757. The number of nitrogens with one attached hydrogen (secondary N) is 1. The van der Waals surface area contributed by atoms with Crippen LogP contribution in [0, 0.1) is 17.3 Å². The highest BCUT2D eigenvalue weighted by Crippen LogP contribution is 2.61. The number of amides is 1. The van der Waals surface area contributed by atoms with E-state index in [1.54, 1.807) is 18.2 Å². The Morgan fingerprint density at radius 2 is 1.73 bits per heavy atom. The normalized spacial score (nSPS) is 34.6. The summed E-state index contributed by atoms with van der Waals surface area (Å²) >= 11 is 11.8. The van der Waals surface area contributed by atoms with Crippen LogP contribution in [0.5, 0.6) is 0 Å². The van der Waals surface area contributed by atoms with E-state index in [0.717, 1.165) is 32.1 Å². The molecule has 1 aromatic carbocycles. The predicted molar refractivity (Wildman–Crippen MR) is 98.1 cm³/mol. The van der Waals surface area contributed by atoms with Gasteiger partial charge in [-0.05, 0) is 68.6 Å². The third-order valence-corrected chi connectivity index (χ3v) is 6.38. The lowest BCUT2D eigenvalue weighted by Crippen LogP contribution is -2.58. The molecule has 0 aliphatic heterocycles. The molecule has 4 bridgehead atoms. The third kappa shape index (κ3) is 3.45. The van der Waals surface area contributed by atoms with Gasteiger partial charge in [0.15, 0.2) is 6.61 Å². The van der Waals surface area contributed by atoms with Crippen molar-refractivity contribution < 1.29 is 19.4 Å². The minimum Gasteiger partial charge on any atom is -0.455 e. The van der Waals surface area contributed by atoms with Crippen molar-refractivity contribution in [3.63, 3.8) is 0 Å². The number of halogens is 2. The lowest BCUT2D eigenvalue weighted by molar-refractivity contribution is -0.196. The number of aliphatic hydroxyl groups is 1. The predicted octanol–water partition coefficient (Wildman–Crippen LogP) is 3.81. The van der Waals surface area contributed by atoms with Gasteiger partial charge in [0.05, 0.1) is 11.0 Å². The van der Waals surface area contributed by atoms with Crippen molar-refractivity contribution in [2.75, 3.05) is 11.9 Å². The van der Waals surface area contributed by atoms with Gasteiger partial charge in [-0.25, -0.2) is 0 Å². The first-order valence-electron chi connectivity index (χ1n) is 8.91. The summed E-state index contributed by atoms with van der Waals surface area (Å²) in [5, 5.41) is 14.2. The van der Waals surface area contributed by atoms with Gasteiger partial charge in [-0.1, -0.05) is 23.2 Å². The van der Waals surface area contributed by atoms with Crippen LogP contribution in [0.2, 0.25) is 10.0 Å². The highest BCUT2D eigenvalue weighted by molar-refractivity contribution is 6.35. The number of ether oxygens (including phenoxy) is 1. The molecule has 4 aliphatic carbocycles. The summed E-state index contributed by atoms with van der Waals surface area (Å²) in [6, 6.07) is 4.71. The molecule has 0 heterocycles. The Morgan fingerprint density at radius 3 is 2.31 bits per heavy atom. The Hall–Kier alpha value is -1.30. The minimum atomic E-state index is -0.733. The maximum absolute atomic E-state index is 12.7. The molecule has 1 aromatic rings. The highest BCUT2D eigenvalue weighted by atomic mass is 35.5. The summed E-state index contributed by atoms with van der Waals surface area (Å²) in [5.74, 6) is -0.0307. The van der Waals surface area contributed by atoms with Gasteiger partial charge < -0.3 is 15.2 Å². The van der Waals surface area contributed by atoms with E-state index in [9.17, 15) is 14.7 Å². The van der Waals surface area contributed by atoms with Gasteiger partial charge in [-0.2, -0.15) is 0 Å². The lowest BCUT2D eigenvalue weighted by atomic mass is 9.48. The fourth-order valence-corrected chi connectivity index (χ4v) is 6.09. The van der Waals surface area contributed by atoms with Gasteiger partial charge in [0, 0.05) is 15.7 Å². The zero-order valence-corrected chi connectivity index (χ0v) is 15.8. The fourth-order valence-electron chi connectivity index (χ4n) is 5.56. The van der Waals surface area contributed by atoms with Crippen LogP contribution in [0.1, 0.15) is 38.5 Å². The van der Waals surface area contributed by atoms with Crippen molar-refractivity contribution in [1.29, 1.82) is 0 Å². The Kier molecular flexibility index (Phi) is 4.45. The van der Waals surface area contributed by atoms with Crippen LogP contribution in [0.15, 0.2) is 18.2 Å². The summed E-state index contributed by atoms with van der Waals surface area (Å²) in [7, 11) is 0. The molecule has 140 valence electrons. The Balaban J connectivity index is 1.37. The molecule has 5 rings (SSSR count). The van der Waals surface area contributed by atoms with Crippen LogP contribution in [-0.4, -0.2) is 29.2 Å². The van der Waals surface area contributed by atoms with Crippen molar-refractivity contribution in [1.82, 2.24) is 0 Å². The van der Waals surface area contributed by atoms with Crippen LogP contribution in [-0.2, 0) is 14.3 Å². The molecule has 0 spiro atoms. The van der Waals surface area contributed by atoms with E-state index >= 15 is 0 Å². The number of anilines is 1. The minimum absolute atomic E-state index is 0.357. The fraction of sp³-hybridized carbons (Fsp3) is 0.579. The molecule has 4 aliphatic rings. The van der Waals surface area contributed by atoms with Crippen molar-refractivity contribution >= 4 is 40.8 Å². The van der Waals surface area contributed by atoms with Crippen LogP contribution in [0.4, 0.5) is 5.69 Å². The summed E-state index contributed by atoms with van der Waals surface area (Å²) < 4.78 is 5.34. The zero-order valence-electron chi connectivity index (χ0n) is 14.3. The maximum Gasteiger partial charge on any atom is 0.312 e. The average molecular weight is 398 g/mol. The second-order valence-electron chi connectivity index (χ2n) is 8.25. The Bertz CT molecular complexity index is 732. The summed E-state index contributed by atoms with van der Waals surface area (Å²) in [6.07, 6.45) is 4.64. The SMILES string of the molecule is O=C(COC(=O)C12C[C@@H]3C[C@@H](CC(O)(C3)C1)C2)Nc1cc(Cl)cc(Cl)c1. The first-order chi connectivity index (χ1) is 12.3. The van der Waals surface area contributed by atoms with Gasteiger partial charge in [0.25, 0.3) is 5.91 Å². The molecular formula is C19H21Cl2NO4. The van der Waals surface area contributed by atoms with E-state index in [0.29, 0.717) is 34.0 Å². The van der Waals surface area contributed by atoms with Gasteiger partial charge in [-0.3, -0.25) is 9.59 Å². The highest BCUT2D eigenvalue weighted by Gasteiger charge is 2.60. The second kappa shape index (κ2) is 6.39. The topological polar surface area (TPSA) is 75.6 Å². The maximum atomic E-state index is 12.7. The first kappa shape index (κ1) is 18.1. The number of hydrogen-bond acceptors (Lipinski definition) is 4. The van der Waals surface area contributed by atoms with E-state index in [-0.39, 0.29) is 12.6 Å². The number of hydrogen-bond donors (Lipinski definition) is 2. The van der Waals surface area contributed by atoms with Gasteiger partial charge in [0.2, 0.25) is 0 Å². The van der Waals surface area contributed by atoms with Crippen LogP contribution in [0.25, 0.3) is 0 Å². The summed E-state index contributed by atoms with van der Waals surface area (Å²) in [6.45, 7) is -0.363. The van der Waals surface area contributed by atoms with Crippen LogP contribution >= 0.6 is 23.2 Å². The number of carbonyl (C=O) groups is 2. The molecular weight excluding hydrogens is 377 g/mol.